The van der Waals surface area contributed by atoms with E-state index in [1.54, 1.807) is 11.8 Å². The monoisotopic (exact) mass is 414 g/mol. The summed E-state index contributed by atoms with van der Waals surface area (Å²) in [5.74, 6) is 1.91. The van der Waals surface area contributed by atoms with E-state index in [0.29, 0.717) is 6.54 Å². The van der Waals surface area contributed by atoms with Crippen molar-refractivity contribution in [3.05, 3.63) is 59.4 Å². The molecule has 1 aliphatic heterocycles. The Balaban J connectivity index is 1.44. The number of nitrogens with zero attached hydrogens (tertiary/aromatic N) is 4. The Morgan fingerprint density at radius 2 is 1.79 bits per heavy atom. The van der Waals surface area contributed by atoms with Gasteiger partial charge in [0, 0.05) is 36.9 Å². The second kappa shape index (κ2) is 8.45. The van der Waals surface area contributed by atoms with E-state index in [-0.39, 0.29) is 5.91 Å². The first-order valence-electron chi connectivity index (χ1n) is 9.37. The van der Waals surface area contributed by atoms with Crippen molar-refractivity contribution in [2.75, 3.05) is 37.3 Å². The molecule has 0 bridgehead atoms. The number of anilines is 1. The summed E-state index contributed by atoms with van der Waals surface area (Å²) in [5.41, 5.74) is 3.13. The predicted octanol–water partition coefficient (Wildman–Crippen LogP) is 3.90. The van der Waals surface area contributed by atoms with Crippen molar-refractivity contribution in [1.29, 1.82) is 0 Å². The summed E-state index contributed by atoms with van der Waals surface area (Å²) in [4.78, 5) is 22.0. The number of benzene rings is 2. The fourth-order valence-corrected chi connectivity index (χ4v) is 4.25. The molecule has 0 saturated carbocycles. The lowest BCUT2D eigenvalue weighted by Crippen LogP contribution is -2.49. The largest absolute Gasteiger partial charge is 0.368 e. The van der Waals surface area contributed by atoms with E-state index >= 15 is 0 Å². The molecule has 2 aromatic carbocycles. The summed E-state index contributed by atoms with van der Waals surface area (Å²) < 4.78 is 2.07. The maximum atomic E-state index is 13.0. The zero-order chi connectivity index (χ0) is 19.5. The number of halogens is 1. The summed E-state index contributed by atoms with van der Waals surface area (Å²) in [6, 6.07) is 15.9. The van der Waals surface area contributed by atoms with Gasteiger partial charge < -0.3 is 14.4 Å². The third-order valence-electron chi connectivity index (χ3n) is 5.12. The van der Waals surface area contributed by atoms with E-state index in [2.05, 4.69) is 15.7 Å². The van der Waals surface area contributed by atoms with E-state index in [4.69, 9.17) is 16.6 Å². The molecule has 0 atom stereocenters. The number of para-hydroxylation sites is 2. The lowest BCUT2D eigenvalue weighted by molar-refractivity contribution is -0.132. The van der Waals surface area contributed by atoms with Crippen molar-refractivity contribution in [1.82, 2.24) is 14.5 Å². The van der Waals surface area contributed by atoms with Gasteiger partial charge in [-0.05, 0) is 42.7 Å². The van der Waals surface area contributed by atoms with Crippen LogP contribution in [0.4, 0.5) is 5.69 Å². The van der Waals surface area contributed by atoms with Crippen LogP contribution in [0.25, 0.3) is 11.0 Å². The molecule has 146 valence electrons. The van der Waals surface area contributed by atoms with Crippen LogP contribution < -0.4 is 4.90 Å². The van der Waals surface area contributed by atoms with Gasteiger partial charge in [-0.1, -0.05) is 23.7 Å². The summed E-state index contributed by atoms with van der Waals surface area (Å²) in [6.45, 7) is 3.46. The average molecular weight is 415 g/mol. The van der Waals surface area contributed by atoms with Gasteiger partial charge in [-0.25, -0.2) is 4.98 Å². The molecule has 2 heterocycles. The quantitative estimate of drug-likeness (QED) is 0.634. The van der Waals surface area contributed by atoms with Gasteiger partial charge in [0.1, 0.15) is 12.4 Å². The van der Waals surface area contributed by atoms with Crippen molar-refractivity contribution in [3.63, 3.8) is 0 Å². The summed E-state index contributed by atoms with van der Waals surface area (Å²) in [7, 11) is 0. The first kappa shape index (κ1) is 19.2. The lowest BCUT2D eigenvalue weighted by atomic mass is 10.2. The van der Waals surface area contributed by atoms with Gasteiger partial charge in [-0.3, -0.25) is 4.79 Å². The summed E-state index contributed by atoms with van der Waals surface area (Å²) in [6.07, 6.45) is 2.06. The van der Waals surface area contributed by atoms with Crippen LogP contribution in [0.15, 0.2) is 48.5 Å². The van der Waals surface area contributed by atoms with Crippen molar-refractivity contribution in [3.8, 4) is 0 Å². The topological polar surface area (TPSA) is 41.4 Å². The number of carbonyl (C=O) groups is 1. The van der Waals surface area contributed by atoms with E-state index in [1.807, 2.05) is 53.4 Å². The highest BCUT2D eigenvalue weighted by Crippen LogP contribution is 2.21. The summed E-state index contributed by atoms with van der Waals surface area (Å²) >= 11 is 7.70. The van der Waals surface area contributed by atoms with Gasteiger partial charge in [-0.15, -0.1) is 0 Å². The van der Waals surface area contributed by atoms with Gasteiger partial charge in [-0.2, -0.15) is 11.8 Å². The molecule has 28 heavy (non-hydrogen) atoms. The van der Waals surface area contributed by atoms with Crippen LogP contribution in [-0.2, 0) is 17.1 Å². The molecule has 1 fully saturated rings. The molecule has 0 radical (unpaired) electrons. The molecule has 0 unspecified atom stereocenters. The minimum Gasteiger partial charge on any atom is -0.368 e. The molecule has 0 spiro atoms. The molecule has 4 rings (SSSR count). The first-order chi connectivity index (χ1) is 13.7. The maximum absolute atomic E-state index is 13.0. The van der Waals surface area contributed by atoms with Gasteiger partial charge >= 0.3 is 0 Å². The smallest absolute Gasteiger partial charge is 0.242 e. The molecule has 1 amide bonds. The standard InChI is InChI=1S/C21H23ClN4OS/c1-28-15-20-23-18-4-2-3-5-19(18)26(20)14-21(27)25-12-10-24(11-13-25)17-8-6-16(22)7-9-17/h2-9H,10-15H2,1H3. The number of hydrogen-bond acceptors (Lipinski definition) is 4. The number of imidazole rings is 1. The van der Waals surface area contributed by atoms with E-state index in [9.17, 15) is 4.79 Å². The Morgan fingerprint density at radius 3 is 2.50 bits per heavy atom. The highest BCUT2D eigenvalue weighted by atomic mass is 35.5. The molecule has 1 aliphatic rings. The van der Waals surface area contributed by atoms with Gasteiger partial charge in [0.2, 0.25) is 5.91 Å². The van der Waals surface area contributed by atoms with Crippen molar-refractivity contribution in [2.45, 2.75) is 12.3 Å². The minimum atomic E-state index is 0.154. The van der Waals surface area contributed by atoms with Gasteiger partial charge in [0.05, 0.1) is 16.8 Å². The zero-order valence-corrected chi connectivity index (χ0v) is 17.4. The molecule has 0 N–H and O–H groups in total. The highest BCUT2D eigenvalue weighted by molar-refractivity contribution is 7.97. The highest BCUT2D eigenvalue weighted by Gasteiger charge is 2.23. The van der Waals surface area contributed by atoms with Crippen LogP contribution >= 0.6 is 23.4 Å². The number of carbonyl (C=O) groups excluding carboxylic acids is 1. The maximum Gasteiger partial charge on any atom is 0.242 e. The van der Waals surface area contributed by atoms with Crippen LogP contribution in [-0.4, -0.2) is 52.8 Å². The third-order valence-corrected chi connectivity index (χ3v) is 5.92. The molecule has 1 saturated heterocycles. The zero-order valence-electron chi connectivity index (χ0n) is 15.8. The van der Waals surface area contributed by atoms with Crippen LogP contribution in [0, 0.1) is 0 Å². The van der Waals surface area contributed by atoms with Gasteiger partial charge in [0.25, 0.3) is 0 Å². The SMILES string of the molecule is CSCc1nc2ccccc2n1CC(=O)N1CCN(c2ccc(Cl)cc2)CC1. The number of hydrogen-bond donors (Lipinski definition) is 0. The van der Waals surface area contributed by atoms with E-state index in [1.165, 1.54) is 0 Å². The average Bonchev–Trinajstić information content (AvgIpc) is 3.06. The normalized spacial score (nSPS) is 14.6. The van der Waals surface area contributed by atoms with Crippen LogP contribution in [0.1, 0.15) is 5.82 Å². The second-order valence-electron chi connectivity index (χ2n) is 6.88. The Labute approximate surface area is 174 Å². The fourth-order valence-electron chi connectivity index (χ4n) is 3.64. The number of rotatable bonds is 5. The molecule has 1 aromatic heterocycles. The Hall–Kier alpha value is -2.18. The second-order valence-corrected chi connectivity index (χ2v) is 8.18. The molecular weight excluding hydrogens is 392 g/mol. The van der Waals surface area contributed by atoms with Gasteiger partial charge in [0.15, 0.2) is 0 Å². The number of fused-ring (bicyclic) bond motifs is 1. The molecule has 7 heteroatoms. The fraction of sp³-hybridized carbons (Fsp3) is 0.333. The molecule has 0 aliphatic carbocycles. The molecular formula is C21H23ClN4OS. The molecule has 5 nitrogen and oxygen atoms in total. The molecule has 3 aromatic rings. The number of thioether (sulfide) groups is 1. The predicted molar refractivity (Wildman–Crippen MR) is 117 cm³/mol. The Bertz CT molecular complexity index is 964. The minimum absolute atomic E-state index is 0.154. The number of amides is 1. The van der Waals surface area contributed by atoms with Crippen LogP contribution in [0.5, 0.6) is 0 Å². The van der Waals surface area contributed by atoms with E-state index in [0.717, 1.165) is 59.5 Å². The lowest BCUT2D eigenvalue weighted by Gasteiger charge is -2.36. The first-order valence-corrected chi connectivity index (χ1v) is 11.1. The Kier molecular flexibility index (Phi) is 5.78. The Morgan fingerprint density at radius 1 is 1.07 bits per heavy atom. The van der Waals surface area contributed by atoms with Crippen molar-refractivity contribution >= 4 is 46.0 Å². The van der Waals surface area contributed by atoms with E-state index < -0.39 is 0 Å². The number of aromatic nitrogens is 2. The van der Waals surface area contributed by atoms with Crippen molar-refractivity contribution in [2.24, 2.45) is 0 Å². The third kappa shape index (κ3) is 3.98. The van der Waals surface area contributed by atoms with Crippen LogP contribution in [0.3, 0.4) is 0 Å². The van der Waals surface area contributed by atoms with Crippen LogP contribution in [0.2, 0.25) is 5.02 Å². The van der Waals surface area contributed by atoms with Crippen molar-refractivity contribution < 1.29 is 4.79 Å². The summed E-state index contributed by atoms with van der Waals surface area (Å²) in [5, 5.41) is 0.742. The number of piperazine rings is 1.